The van der Waals surface area contributed by atoms with E-state index in [0.29, 0.717) is 0 Å². The zero-order valence-corrected chi connectivity index (χ0v) is 17.9. The molecule has 0 spiro atoms. The van der Waals surface area contributed by atoms with Gasteiger partial charge in [0.15, 0.2) is 0 Å². The van der Waals surface area contributed by atoms with Crippen molar-refractivity contribution in [3.8, 4) is 34.1 Å². The molecule has 0 unspecified atom stereocenters. The highest BCUT2D eigenvalue weighted by Gasteiger charge is 2.04. The van der Waals surface area contributed by atoms with E-state index in [0.717, 1.165) is 34.1 Å². The molecule has 0 saturated carbocycles. The maximum atomic E-state index is 5.99. The Morgan fingerprint density at radius 2 is 0.700 bits per heavy atom. The summed E-state index contributed by atoms with van der Waals surface area (Å²) in [4.78, 5) is 0. The smallest absolute Gasteiger partial charge is 0.127 e. The first kappa shape index (κ1) is 19.8. The molecule has 0 aliphatic rings. The van der Waals surface area contributed by atoms with Crippen LogP contribution < -0.4 is 9.47 Å². The molecule has 0 amide bonds. The molecule has 30 heavy (non-hydrogen) atoms. The van der Waals surface area contributed by atoms with Crippen LogP contribution in [0, 0.1) is 27.7 Å². The third kappa shape index (κ3) is 4.55. The number of hydrogen-bond donors (Lipinski definition) is 0. The van der Waals surface area contributed by atoms with Crippen molar-refractivity contribution in [2.24, 2.45) is 0 Å². The van der Waals surface area contributed by atoms with Gasteiger partial charge in [-0.1, -0.05) is 36.4 Å². The first-order valence-electron chi connectivity index (χ1n) is 10.2. The average Bonchev–Trinajstić information content (AvgIpc) is 2.75. The van der Waals surface area contributed by atoms with Gasteiger partial charge in [0.05, 0.1) is 0 Å². The second kappa shape index (κ2) is 8.46. The normalized spacial score (nSPS) is 10.7. The second-order valence-electron chi connectivity index (χ2n) is 7.75. The zero-order valence-electron chi connectivity index (χ0n) is 17.9. The van der Waals surface area contributed by atoms with Gasteiger partial charge in [-0.05, 0) is 110 Å². The predicted molar refractivity (Wildman–Crippen MR) is 124 cm³/mol. The largest absolute Gasteiger partial charge is 0.457 e. The van der Waals surface area contributed by atoms with Crippen molar-refractivity contribution in [3.63, 3.8) is 0 Å². The highest BCUT2D eigenvalue weighted by atomic mass is 16.5. The summed E-state index contributed by atoms with van der Waals surface area (Å²) in [6, 6.07) is 28.6. The third-order valence-electron chi connectivity index (χ3n) is 5.47. The number of ether oxygens (including phenoxy) is 2. The molecule has 2 heteroatoms. The van der Waals surface area contributed by atoms with Gasteiger partial charge in [-0.15, -0.1) is 0 Å². The molecule has 0 radical (unpaired) electrons. The fourth-order valence-corrected chi connectivity index (χ4v) is 3.26. The second-order valence-corrected chi connectivity index (χ2v) is 7.75. The Balaban J connectivity index is 1.44. The molecule has 0 atom stereocenters. The van der Waals surface area contributed by atoms with Crippen molar-refractivity contribution in [3.05, 3.63) is 107 Å². The molecule has 2 nitrogen and oxygen atoms in total. The SMILES string of the molecule is Cc1ccc(Oc2ccc(-c3ccc(Oc4ccc(C)c(C)c4)cc3)cc2)cc1C. The van der Waals surface area contributed by atoms with Gasteiger partial charge in [0.2, 0.25) is 0 Å². The van der Waals surface area contributed by atoms with Crippen LogP contribution in [0.15, 0.2) is 84.9 Å². The Morgan fingerprint density at radius 1 is 0.367 bits per heavy atom. The molecule has 4 aromatic rings. The Hall–Kier alpha value is -3.52. The summed E-state index contributed by atoms with van der Waals surface area (Å²) in [5.41, 5.74) is 7.27. The van der Waals surface area contributed by atoms with Crippen molar-refractivity contribution < 1.29 is 9.47 Å². The summed E-state index contributed by atoms with van der Waals surface area (Å²) in [7, 11) is 0. The van der Waals surface area contributed by atoms with Crippen molar-refractivity contribution >= 4 is 0 Å². The number of benzene rings is 4. The maximum Gasteiger partial charge on any atom is 0.127 e. The van der Waals surface area contributed by atoms with Crippen LogP contribution in [0.5, 0.6) is 23.0 Å². The quantitative estimate of drug-likeness (QED) is 0.340. The molecule has 0 fully saturated rings. The summed E-state index contributed by atoms with van der Waals surface area (Å²) in [6.45, 7) is 8.40. The number of rotatable bonds is 5. The van der Waals surface area contributed by atoms with Crippen LogP contribution in [0.3, 0.4) is 0 Å². The number of aryl methyl sites for hydroxylation is 4. The van der Waals surface area contributed by atoms with E-state index in [1.165, 1.54) is 22.3 Å². The first-order valence-corrected chi connectivity index (χ1v) is 10.2. The van der Waals surface area contributed by atoms with E-state index in [-0.39, 0.29) is 0 Å². The molecule has 4 rings (SSSR count). The van der Waals surface area contributed by atoms with E-state index >= 15 is 0 Å². The van der Waals surface area contributed by atoms with Crippen LogP contribution in [0.4, 0.5) is 0 Å². The Kier molecular flexibility index (Phi) is 5.58. The fraction of sp³-hybridized carbons (Fsp3) is 0.143. The van der Waals surface area contributed by atoms with Crippen LogP contribution in [-0.4, -0.2) is 0 Å². The molecule has 4 aromatic carbocycles. The van der Waals surface area contributed by atoms with E-state index in [2.05, 4.69) is 76.2 Å². The van der Waals surface area contributed by atoms with Crippen LogP contribution >= 0.6 is 0 Å². The molecule has 0 aromatic heterocycles. The van der Waals surface area contributed by atoms with Crippen molar-refractivity contribution in [1.29, 1.82) is 0 Å². The molecular weight excluding hydrogens is 368 g/mol. The molecule has 0 aliphatic heterocycles. The molecule has 0 saturated heterocycles. The van der Waals surface area contributed by atoms with Crippen molar-refractivity contribution in [2.45, 2.75) is 27.7 Å². The summed E-state index contributed by atoms with van der Waals surface area (Å²) in [5, 5.41) is 0. The van der Waals surface area contributed by atoms with Crippen molar-refractivity contribution in [1.82, 2.24) is 0 Å². The van der Waals surface area contributed by atoms with E-state index < -0.39 is 0 Å². The lowest BCUT2D eigenvalue weighted by molar-refractivity contribution is 0.481. The van der Waals surface area contributed by atoms with Gasteiger partial charge in [-0.25, -0.2) is 0 Å². The molecule has 0 N–H and O–H groups in total. The highest BCUT2D eigenvalue weighted by molar-refractivity contribution is 5.65. The lowest BCUT2D eigenvalue weighted by atomic mass is 10.1. The summed E-state index contributed by atoms with van der Waals surface area (Å²) in [6.07, 6.45) is 0. The summed E-state index contributed by atoms with van der Waals surface area (Å²) in [5.74, 6) is 3.38. The third-order valence-corrected chi connectivity index (χ3v) is 5.47. The highest BCUT2D eigenvalue weighted by Crippen LogP contribution is 2.29. The van der Waals surface area contributed by atoms with Crippen LogP contribution in [-0.2, 0) is 0 Å². The minimum absolute atomic E-state index is 0.830. The summed E-state index contributed by atoms with van der Waals surface area (Å²) >= 11 is 0. The van der Waals surface area contributed by atoms with Gasteiger partial charge in [0, 0.05) is 0 Å². The average molecular weight is 395 g/mol. The van der Waals surface area contributed by atoms with Gasteiger partial charge in [-0.2, -0.15) is 0 Å². The minimum atomic E-state index is 0.830. The lowest BCUT2D eigenvalue weighted by Gasteiger charge is -2.10. The van der Waals surface area contributed by atoms with E-state index in [9.17, 15) is 0 Å². The molecular formula is C28H26O2. The van der Waals surface area contributed by atoms with E-state index in [1.54, 1.807) is 0 Å². The topological polar surface area (TPSA) is 18.5 Å². The van der Waals surface area contributed by atoms with Crippen molar-refractivity contribution in [2.75, 3.05) is 0 Å². The molecule has 0 heterocycles. The summed E-state index contributed by atoms with van der Waals surface area (Å²) < 4.78 is 12.0. The molecule has 0 aliphatic carbocycles. The van der Waals surface area contributed by atoms with E-state index in [1.807, 2.05) is 36.4 Å². The van der Waals surface area contributed by atoms with Gasteiger partial charge in [0.25, 0.3) is 0 Å². The van der Waals surface area contributed by atoms with Crippen LogP contribution in [0.25, 0.3) is 11.1 Å². The molecule has 0 bridgehead atoms. The van der Waals surface area contributed by atoms with Gasteiger partial charge < -0.3 is 9.47 Å². The molecule has 150 valence electrons. The predicted octanol–water partition coefficient (Wildman–Crippen LogP) is 8.17. The van der Waals surface area contributed by atoms with Crippen LogP contribution in [0.1, 0.15) is 22.3 Å². The monoisotopic (exact) mass is 394 g/mol. The fourth-order valence-electron chi connectivity index (χ4n) is 3.26. The van der Waals surface area contributed by atoms with Gasteiger partial charge >= 0.3 is 0 Å². The van der Waals surface area contributed by atoms with Crippen LogP contribution in [0.2, 0.25) is 0 Å². The van der Waals surface area contributed by atoms with Gasteiger partial charge in [0.1, 0.15) is 23.0 Å². The maximum absolute atomic E-state index is 5.99. The zero-order chi connectivity index (χ0) is 21.1. The number of hydrogen-bond acceptors (Lipinski definition) is 2. The minimum Gasteiger partial charge on any atom is -0.457 e. The first-order chi connectivity index (χ1) is 14.5. The Bertz CT molecular complexity index is 1060. The van der Waals surface area contributed by atoms with E-state index in [4.69, 9.17) is 9.47 Å². The Morgan fingerprint density at radius 3 is 1.03 bits per heavy atom. The Labute approximate surface area is 178 Å². The lowest BCUT2D eigenvalue weighted by Crippen LogP contribution is -1.88. The standard InChI is InChI=1S/C28H26O2/c1-19-5-11-27(17-21(19)3)29-25-13-7-23(8-14-25)24-9-15-26(16-10-24)30-28-12-6-20(2)22(4)18-28/h5-18H,1-4H3. The van der Waals surface area contributed by atoms with Gasteiger partial charge in [-0.3, -0.25) is 0 Å².